The Bertz CT molecular complexity index is 3180. The van der Waals surface area contributed by atoms with Crippen molar-refractivity contribution in [2.24, 2.45) is 0 Å². The molecule has 4 aromatic heterocycles. The Balaban J connectivity index is 0.000000410. The number of aryl methyl sites for hydroxylation is 2. The van der Waals surface area contributed by atoms with Gasteiger partial charge in [-0.2, -0.15) is 9.97 Å². The summed E-state index contributed by atoms with van der Waals surface area (Å²) in [6.45, 7) is 7.63. The van der Waals surface area contributed by atoms with E-state index < -0.39 is 63.8 Å². The Morgan fingerprint density at radius 2 is 0.915 bits per heavy atom. The average molecular weight is 1220 g/mol. The Hall–Kier alpha value is -4.08. The minimum absolute atomic E-state index is 0. The fourth-order valence-electron chi connectivity index (χ4n) is 7.52. The summed E-state index contributed by atoms with van der Waals surface area (Å²) < 4.78 is 92.6. The van der Waals surface area contributed by atoms with E-state index >= 15 is 0 Å². The van der Waals surface area contributed by atoms with Gasteiger partial charge < -0.3 is 87.4 Å². The van der Waals surface area contributed by atoms with E-state index in [2.05, 4.69) is 60.2 Å². The number of ether oxygens (including phenoxy) is 6. The molecule has 0 spiro atoms. The molecule has 36 heteroatoms. The average Bonchev–Trinajstić information content (AvgIpc) is 3.48. The first kappa shape index (κ1) is 72.2. The van der Waals surface area contributed by atoms with Gasteiger partial charge in [0.25, 0.3) is 11.8 Å². The summed E-state index contributed by atoms with van der Waals surface area (Å²) >= 11 is 0. The number of pyridine rings is 2. The predicted octanol–water partition coefficient (Wildman–Crippen LogP) is -7.72. The molecule has 6 aromatic rings. The number of nitrogens with zero attached hydrogens (tertiary/aromatic N) is 8. The third-order valence-corrected chi connectivity index (χ3v) is 11.8. The van der Waals surface area contributed by atoms with Crippen LogP contribution in [0.5, 0.6) is 34.5 Å². The van der Waals surface area contributed by atoms with Crippen molar-refractivity contribution < 1.29 is 203 Å². The number of hydrogen-bond donors (Lipinski definition) is 4. The van der Waals surface area contributed by atoms with Crippen molar-refractivity contribution in [2.45, 2.75) is 52.7 Å². The second-order valence-corrected chi connectivity index (χ2v) is 19.8. The number of phosphoric acid groups is 2. The van der Waals surface area contributed by atoms with Crippen LogP contribution < -0.4 is 197 Å². The number of halogens is 2. The van der Waals surface area contributed by atoms with E-state index in [4.69, 9.17) is 28.4 Å². The van der Waals surface area contributed by atoms with Gasteiger partial charge in [0, 0.05) is 23.5 Å². The zero-order valence-corrected chi connectivity index (χ0v) is 56.7. The van der Waals surface area contributed by atoms with Crippen molar-refractivity contribution >= 4 is 85.6 Å². The molecule has 2 aromatic carbocycles. The second-order valence-electron chi connectivity index (χ2n) is 17.5. The van der Waals surface area contributed by atoms with Gasteiger partial charge >= 0.3 is 118 Å². The van der Waals surface area contributed by atoms with Gasteiger partial charge in [0.05, 0.1) is 56.5 Å². The van der Waals surface area contributed by atoms with Gasteiger partial charge in [-0.05, 0) is 89.1 Å². The summed E-state index contributed by atoms with van der Waals surface area (Å²) in [4.78, 5) is 96.1. The Morgan fingerprint density at radius 3 is 1.23 bits per heavy atom. The molecule has 4 N–H and O–H groups in total. The molecule has 0 saturated carbocycles. The standard InChI is InChI=1S/2C23H26FN6O8P.4Na/c2*1-12-8-13(9-16(35-4)18(12)36-5)26-22-25-10-14(24)19(29-22)27-17-7-6-15-20(28-17)30(11-37-39(32,33)34)21(31)23(2,3)38-15;;;;/h2*6-10H,11H2,1-5H3,(H2,32,33,34)(H2,25,26,27,28,29);;;;/q;;4*+1/p-4. The van der Waals surface area contributed by atoms with Gasteiger partial charge in [0.2, 0.25) is 11.9 Å². The van der Waals surface area contributed by atoms with Crippen LogP contribution in [0.15, 0.2) is 60.9 Å². The maximum absolute atomic E-state index is 14.6. The zero-order chi connectivity index (χ0) is 57.1. The monoisotopic (exact) mass is 1220 g/mol. The number of methoxy groups -OCH3 is 4. The summed E-state index contributed by atoms with van der Waals surface area (Å²) in [5.74, 6) is -1.45. The number of anilines is 10. The fourth-order valence-corrected chi connectivity index (χ4v) is 8.03. The minimum Gasteiger partial charge on any atom is -0.790 e. The zero-order valence-electron chi connectivity index (χ0n) is 46.9. The number of fused-ring (bicyclic) bond motifs is 2. The van der Waals surface area contributed by atoms with Crippen LogP contribution in [-0.2, 0) is 27.8 Å². The number of carbonyl (C=O) groups excluding carboxylic acids is 2. The van der Waals surface area contributed by atoms with Crippen LogP contribution in [0.1, 0.15) is 38.8 Å². The first-order chi connectivity index (χ1) is 36.6. The first-order valence-corrected chi connectivity index (χ1v) is 25.5. The van der Waals surface area contributed by atoms with E-state index in [1.54, 1.807) is 24.3 Å². The number of aromatic nitrogens is 6. The Labute approximate surface area is 556 Å². The number of rotatable bonds is 18. The molecule has 0 bridgehead atoms. The maximum atomic E-state index is 14.6. The molecule has 6 heterocycles. The van der Waals surface area contributed by atoms with E-state index in [0.29, 0.717) is 34.4 Å². The summed E-state index contributed by atoms with van der Waals surface area (Å²) in [7, 11) is -4.76. The molecule has 2 aliphatic heterocycles. The SMILES string of the molecule is COc1cc(Nc2ncc(F)c(Nc3ccc4c(n3)N(COP(=O)([O-])[O-])C(=O)C(C)(C)O4)n2)cc(C)c1OC.COc1cc(Nc2ncc(F)c(Nc3ccc4c(n3)N(COP(=O)([O-])[O-])C(=O)C(C)(C)O4)n2)cc(C)c1OC.[Na+].[Na+].[Na+].[Na+]. The van der Waals surface area contributed by atoms with Gasteiger partial charge in [-0.1, -0.05) is 0 Å². The van der Waals surface area contributed by atoms with Crippen LogP contribution in [0.2, 0.25) is 0 Å². The molecular formula is C46H48F2N12Na4O16P2. The summed E-state index contributed by atoms with van der Waals surface area (Å²) in [5.41, 5.74) is -0.140. The van der Waals surface area contributed by atoms with E-state index in [9.17, 15) is 47.1 Å². The van der Waals surface area contributed by atoms with E-state index in [0.717, 1.165) is 33.3 Å². The molecule has 0 atom stereocenters. The molecule has 28 nitrogen and oxygen atoms in total. The molecule has 2 amide bonds. The fraction of sp³-hybridized carbons (Fsp3) is 0.304. The van der Waals surface area contributed by atoms with Gasteiger partial charge in [0.1, 0.15) is 25.1 Å². The van der Waals surface area contributed by atoms with E-state index in [-0.39, 0.29) is 177 Å². The molecular weight excluding hydrogens is 1170 g/mol. The van der Waals surface area contributed by atoms with Gasteiger partial charge in [0.15, 0.2) is 80.6 Å². The number of nitrogens with one attached hydrogen (secondary N) is 4. The van der Waals surface area contributed by atoms with E-state index in [1.807, 2.05) is 13.8 Å². The predicted molar refractivity (Wildman–Crippen MR) is 266 cm³/mol. The van der Waals surface area contributed by atoms with Crippen LogP contribution in [0.25, 0.3) is 0 Å². The molecule has 0 unspecified atom stereocenters. The van der Waals surface area contributed by atoms with Crippen LogP contribution in [0.4, 0.5) is 67.0 Å². The van der Waals surface area contributed by atoms with Crippen molar-refractivity contribution in [1.29, 1.82) is 0 Å². The van der Waals surface area contributed by atoms with Crippen molar-refractivity contribution in [1.82, 2.24) is 29.9 Å². The first-order valence-electron chi connectivity index (χ1n) is 22.6. The van der Waals surface area contributed by atoms with Gasteiger partial charge in [-0.15, -0.1) is 0 Å². The number of hydrogen-bond acceptors (Lipinski definition) is 26. The molecule has 416 valence electrons. The minimum atomic E-state index is -5.40. The number of carbonyl (C=O) groups is 2. The topological polar surface area (TPSA) is 366 Å². The summed E-state index contributed by atoms with van der Waals surface area (Å²) in [5, 5.41) is 11.3. The van der Waals surface area contributed by atoms with Crippen molar-refractivity contribution in [3.05, 3.63) is 83.7 Å². The third-order valence-electron chi connectivity index (χ3n) is 11.0. The van der Waals surface area contributed by atoms with E-state index in [1.165, 1.54) is 80.4 Å². The van der Waals surface area contributed by atoms with Gasteiger partial charge in [-0.3, -0.25) is 19.4 Å². The number of amides is 2. The van der Waals surface area contributed by atoms with Crippen LogP contribution >= 0.6 is 15.6 Å². The molecule has 0 saturated heterocycles. The van der Waals surface area contributed by atoms with Crippen LogP contribution in [0, 0.1) is 25.5 Å². The third kappa shape index (κ3) is 18.0. The summed E-state index contributed by atoms with van der Waals surface area (Å²) in [6, 6.07) is 12.6. The van der Waals surface area contributed by atoms with Gasteiger partial charge in [-0.25, -0.2) is 28.7 Å². The molecule has 0 fully saturated rings. The maximum Gasteiger partial charge on any atom is 1.00 e. The Kier molecular flexibility index (Phi) is 26.3. The number of phosphoric ester groups is 2. The smallest absolute Gasteiger partial charge is 0.790 e. The van der Waals surface area contributed by atoms with Crippen molar-refractivity contribution in [3.8, 4) is 34.5 Å². The quantitative estimate of drug-likeness (QED) is 0.0459. The van der Waals surface area contributed by atoms with Crippen molar-refractivity contribution in [2.75, 3.05) is 73.0 Å². The molecule has 2 aliphatic rings. The molecule has 0 aliphatic carbocycles. The second kappa shape index (κ2) is 29.8. The largest absolute Gasteiger partial charge is 1.00 e. The molecule has 8 rings (SSSR count). The summed E-state index contributed by atoms with van der Waals surface area (Å²) in [6.07, 6.45) is 1.89. The van der Waals surface area contributed by atoms with Crippen LogP contribution in [0.3, 0.4) is 0 Å². The Morgan fingerprint density at radius 1 is 0.561 bits per heavy atom. The normalized spacial score (nSPS) is 13.7. The molecule has 0 radical (unpaired) electrons. The van der Waals surface area contributed by atoms with Crippen molar-refractivity contribution in [3.63, 3.8) is 0 Å². The molecule has 82 heavy (non-hydrogen) atoms. The van der Waals surface area contributed by atoms with Crippen LogP contribution in [-0.4, -0.2) is 94.8 Å². The number of benzene rings is 2.